The van der Waals surface area contributed by atoms with Crippen molar-refractivity contribution in [3.05, 3.63) is 60.2 Å². The van der Waals surface area contributed by atoms with E-state index in [-0.39, 0.29) is 0 Å². The van der Waals surface area contributed by atoms with Crippen LogP contribution in [0.3, 0.4) is 0 Å². The number of rotatable bonds is 6. The lowest BCUT2D eigenvalue weighted by Crippen LogP contribution is -2.23. The summed E-state index contributed by atoms with van der Waals surface area (Å²) in [7, 11) is 0. The van der Waals surface area contributed by atoms with E-state index in [0.29, 0.717) is 5.92 Å². The van der Waals surface area contributed by atoms with E-state index >= 15 is 0 Å². The van der Waals surface area contributed by atoms with Crippen molar-refractivity contribution in [3.63, 3.8) is 0 Å². The Labute approximate surface area is 116 Å². The molecule has 1 nitrogen and oxygen atoms in total. The number of nitrogens with one attached hydrogen (secondary N) is 1. The van der Waals surface area contributed by atoms with Gasteiger partial charge in [0, 0.05) is 6.54 Å². The quantitative estimate of drug-likeness (QED) is 0.472. The molecular formula is C16H21NS. The zero-order valence-electron chi connectivity index (χ0n) is 11.1. The maximum absolute atomic E-state index is 5.18. The van der Waals surface area contributed by atoms with E-state index in [9.17, 15) is 0 Å². The molecule has 0 aliphatic rings. The first kappa shape index (κ1) is 14.7. The molecule has 0 saturated heterocycles. The van der Waals surface area contributed by atoms with Crippen molar-refractivity contribution >= 4 is 17.2 Å². The predicted octanol–water partition coefficient (Wildman–Crippen LogP) is 3.91. The second-order valence-corrected chi connectivity index (χ2v) is 5.06. The first-order valence-corrected chi connectivity index (χ1v) is 6.74. The van der Waals surface area contributed by atoms with Crippen LogP contribution >= 0.6 is 12.2 Å². The van der Waals surface area contributed by atoms with E-state index in [1.807, 2.05) is 24.3 Å². The standard InChI is InChI=1S/C16H21NS/c1-14(2)13-17-16(18)12-8-4-7-11-15-9-5-3-6-10-15/h3-10,12,14H,11,13H2,1-2H3,(H,17,18). The van der Waals surface area contributed by atoms with Gasteiger partial charge in [-0.05, 0) is 24.0 Å². The Bertz CT molecular complexity index is 404. The van der Waals surface area contributed by atoms with Crippen molar-refractivity contribution in [1.29, 1.82) is 0 Å². The number of benzene rings is 1. The SMILES string of the molecule is CC(C)CNC(=S)C=CC=CCc1ccccc1. The lowest BCUT2D eigenvalue weighted by molar-refractivity contribution is 0.628. The van der Waals surface area contributed by atoms with Gasteiger partial charge in [0.15, 0.2) is 0 Å². The molecule has 0 aliphatic carbocycles. The summed E-state index contributed by atoms with van der Waals surface area (Å²) in [4.78, 5) is 0.799. The van der Waals surface area contributed by atoms with Gasteiger partial charge in [0.2, 0.25) is 0 Å². The maximum atomic E-state index is 5.18. The smallest absolute Gasteiger partial charge is 0.0988 e. The van der Waals surface area contributed by atoms with Gasteiger partial charge < -0.3 is 5.32 Å². The van der Waals surface area contributed by atoms with Crippen LogP contribution in [-0.2, 0) is 6.42 Å². The largest absolute Gasteiger partial charge is 0.376 e. The third-order valence-electron chi connectivity index (χ3n) is 2.38. The molecule has 1 N–H and O–H groups in total. The fourth-order valence-corrected chi connectivity index (χ4v) is 1.57. The molecule has 0 heterocycles. The monoisotopic (exact) mass is 259 g/mol. The van der Waals surface area contributed by atoms with E-state index in [1.165, 1.54) is 5.56 Å². The van der Waals surface area contributed by atoms with Crippen molar-refractivity contribution in [1.82, 2.24) is 5.32 Å². The van der Waals surface area contributed by atoms with Crippen LogP contribution in [0.25, 0.3) is 0 Å². The maximum Gasteiger partial charge on any atom is 0.0988 e. The highest BCUT2D eigenvalue weighted by atomic mass is 32.1. The molecule has 0 bridgehead atoms. The van der Waals surface area contributed by atoms with Gasteiger partial charge in [-0.3, -0.25) is 0 Å². The number of hydrogen-bond acceptors (Lipinski definition) is 1. The highest BCUT2D eigenvalue weighted by molar-refractivity contribution is 7.80. The molecule has 0 amide bonds. The van der Waals surface area contributed by atoms with E-state index < -0.39 is 0 Å². The normalized spacial score (nSPS) is 11.5. The third kappa shape index (κ3) is 7.02. The number of hydrogen-bond donors (Lipinski definition) is 1. The van der Waals surface area contributed by atoms with E-state index in [1.54, 1.807) is 0 Å². The van der Waals surface area contributed by atoms with Crippen LogP contribution < -0.4 is 5.32 Å². The highest BCUT2D eigenvalue weighted by Crippen LogP contribution is 2.00. The van der Waals surface area contributed by atoms with Crippen LogP contribution in [0.2, 0.25) is 0 Å². The summed E-state index contributed by atoms with van der Waals surface area (Å²) in [6.07, 6.45) is 9.04. The van der Waals surface area contributed by atoms with Gasteiger partial charge in [0.25, 0.3) is 0 Å². The summed E-state index contributed by atoms with van der Waals surface area (Å²) in [5.41, 5.74) is 1.32. The fraction of sp³-hybridized carbons (Fsp3) is 0.312. The van der Waals surface area contributed by atoms with Crippen molar-refractivity contribution in [3.8, 4) is 0 Å². The molecule has 0 radical (unpaired) electrons. The van der Waals surface area contributed by atoms with Crippen molar-refractivity contribution < 1.29 is 0 Å². The molecular weight excluding hydrogens is 238 g/mol. The third-order valence-corrected chi connectivity index (χ3v) is 2.66. The highest BCUT2D eigenvalue weighted by Gasteiger charge is 1.92. The topological polar surface area (TPSA) is 12.0 Å². The van der Waals surface area contributed by atoms with Gasteiger partial charge in [0.1, 0.15) is 0 Å². The molecule has 0 unspecified atom stereocenters. The molecule has 0 atom stereocenters. The first-order valence-electron chi connectivity index (χ1n) is 6.33. The second-order valence-electron chi connectivity index (χ2n) is 4.62. The Hall–Kier alpha value is -1.41. The Morgan fingerprint density at radius 1 is 1.22 bits per heavy atom. The Morgan fingerprint density at radius 2 is 1.94 bits per heavy atom. The molecule has 1 aromatic rings. The van der Waals surface area contributed by atoms with Crippen LogP contribution in [0.5, 0.6) is 0 Å². The van der Waals surface area contributed by atoms with Gasteiger partial charge in [0.05, 0.1) is 4.99 Å². The Morgan fingerprint density at radius 3 is 2.61 bits per heavy atom. The van der Waals surface area contributed by atoms with Gasteiger partial charge >= 0.3 is 0 Å². The van der Waals surface area contributed by atoms with Crippen LogP contribution in [0.1, 0.15) is 19.4 Å². The zero-order chi connectivity index (χ0) is 13.2. The van der Waals surface area contributed by atoms with E-state index in [4.69, 9.17) is 12.2 Å². The Balaban J connectivity index is 2.25. The summed E-state index contributed by atoms with van der Waals surface area (Å²) < 4.78 is 0. The second kappa shape index (κ2) is 8.65. The van der Waals surface area contributed by atoms with Crippen LogP contribution in [0.4, 0.5) is 0 Å². The van der Waals surface area contributed by atoms with E-state index in [2.05, 4.69) is 49.5 Å². The minimum Gasteiger partial charge on any atom is -0.376 e. The summed E-state index contributed by atoms with van der Waals surface area (Å²) in [6.45, 7) is 5.26. The summed E-state index contributed by atoms with van der Waals surface area (Å²) in [5, 5.41) is 3.20. The first-order chi connectivity index (χ1) is 8.68. The van der Waals surface area contributed by atoms with E-state index in [0.717, 1.165) is 18.0 Å². The minimum absolute atomic E-state index is 0.616. The number of allylic oxidation sites excluding steroid dienone is 3. The zero-order valence-corrected chi connectivity index (χ0v) is 11.9. The van der Waals surface area contributed by atoms with Crippen molar-refractivity contribution in [2.45, 2.75) is 20.3 Å². The van der Waals surface area contributed by atoms with Crippen LogP contribution in [-0.4, -0.2) is 11.5 Å². The molecule has 0 fully saturated rings. The fourth-order valence-electron chi connectivity index (χ4n) is 1.40. The molecule has 96 valence electrons. The summed E-state index contributed by atoms with van der Waals surface area (Å²) in [5.74, 6) is 0.616. The van der Waals surface area contributed by atoms with Gasteiger partial charge in [-0.1, -0.05) is 74.6 Å². The molecule has 1 rings (SSSR count). The molecule has 0 aromatic heterocycles. The van der Waals surface area contributed by atoms with Gasteiger partial charge in [-0.25, -0.2) is 0 Å². The molecule has 0 spiro atoms. The van der Waals surface area contributed by atoms with Gasteiger partial charge in [-0.15, -0.1) is 0 Å². The predicted molar refractivity (Wildman–Crippen MR) is 83.9 cm³/mol. The minimum atomic E-state index is 0.616. The lowest BCUT2D eigenvalue weighted by atomic mass is 10.1. The van der Waals surface area contributed by atoms with Gasteiger partial charge in [-0.2, -0.15) is 0 Å². The lowest BCUT2D eigenvalue weighted by Gasteiger charge is -2.06. The average molecular weight is 259 g/mol. The summed E-state index contributed by atoms with van der Waals surface area (Å²) >= 11 is 5.18. The molecule has 0 aliphatic heterocycles. The molecule has 1 aromatic carbocycles. The van der Waals surface area contributed by atoms with Crippen LogP contribution in [0, 0.1) is 5.92 Å². The van der Waals surface area contributed by atoms with Crippen LogP contribution in [0.15, 0.2) is 54.6 Å². The molecule has 2 heteroatoms. The molecule has 18 heavy (non-hydrogen) atoms. The molecule has 0 saturated carbocycles. The van der Waals surface area contributed by atoms with Crippen molar-refractivity contribution in [2.24, 2.45) is 5.92 Å². The summed E-state index contributed by atoms with van der Waals surface area (Å²) in [6, 6.07) is 10.4. The number of thiocarbonyl (C=S) groups is 1. The average Bonchev–Trinajstić information content (AvgIpc) is 2.37. The Kier molecular flexibility index (Phi) is 7.04. The van der Waals surface area contributed by atoms with Crippen molar-refractivity contribution in [2.75, 3.05) is 6.54 Å².